The van der Waals surface area contributed by atoms with Crippen molar-refractivity contribution in [3.63, 3.8) is 0 Å². The van der Waals surface area contributed by atoms with Gasteiger partial charge in [-0.15, -0.1) is 0 Å². The molecule has 0 saturated carbocycles. The van der Waals surface area contributed by atoms with Gasteiger partial charge in [-0.25, -0.2) is 0 Å². The highest BCUT2D eigenvalue weighted by Gasteiger charge is 2.36. The van der Waals surface area contributed by atoms with Crippen molar-refractivity contribution >= 4 is 49.6 Å². The maximum Gasteiger partial charge on any atom is 0.0568 e. The Kier molecular flexibility index (Phi) is 7.55. The molecule has 1 aromatic heterocycles. The average molecular weight is 729 g/mol. The van der Waals surface area contributed by atoms with E-state index < -0.39 is 0 Å². The van der Waals surface area contributed by atoms with Crippen molar-refractivity contribution in [3.05, 3.63) is 217 Å². The van der Waals surface area contributed by atoms with Gasteiger partial charge in [-0.05, 0) is 111 Å². The van der Waals surface area contributed by atoms with Crippen molar-refractivity contribution in [1.82, 2.24) is 4.57 Å². The van der Waals surface area contributed by atoms with Crippen LogP contribution in [0.4, 0.5) is 17.1 Å². The molecule has 0 saturated heterocycles. The van der Waals surface area contributed by atoms with Gasteiger partial charge in [-0.3, -0.25) is 0 Å². The summed E-state index contributed by atoms with van der Waals surface area (Å²) < 4.78 is 2.50. The van der Waals surface area contributed by atoms with Crippen LogP contribution in [0.25, 0.3) is 71.6 Å². The zero-order chi connectivity index (χ0) is 38.1. The Balaban J connectivity index is 1.26. The largest absolute Gasteiger partial charge is 0.310 e. The summed E-state index contributed by atoms with van der Waals surface area (Å²) in [5.41, 5.74) is 16.9. The van der Waals surface area contributed by atoms with Crippen molar-refractivity contribution in [1.29, 1.82) is 0 Å². The Morgan fingerprint density at radius 2 is 0.947 bits per heavy atom. The molecular weight excluding hydrogens is 689 g/mol. The Labute approximate surface area is 333 Å². The molecule has 0 spiro atoms. The van der Waals surface area contributed by atoms with Gasteiger partial charge in [0.15, 0.2) is 0 Å². The second kappa shape index (κ2) is 13.0. The van der Waals surface area contributed by atoms with Gasteiger partial charge in [0.2, 0.25) is 0 Å². The van der Waals surface area contributed by atoms with Gasteiger partial charge in [-0.1, -0.05) is 159 Å². The summed E-state index contributed by atoms with van der Waals surface area (Å²) in [5, 5.41) is 4.98. The monoisotopic (exact) mass is 728 g/mol. The van der Waals surface area contributed by atoms with Crippen LogP contribution in [0.15, 0.2) is 206 Å². The zero-order valence-electron chi connectivity index (χ0n) is 32.0. The first-order valence-corrected chi connectivity index (χ1v) is 19.9. The lowest BCUT2D eigenvalue weighted by Gasteiger charge is -2.28. The van der Waals surface area contributed by atoms with Crippen LogP contribution in [-0.2, 0) is 5.41 Å². The summed E-state index contributed by atoms with van der Waals surface area (Å²) in [7, 11) is 0. The van der Waals surface area contributed by atoms with E-state index in [9.17, 15) is 0 Å². The van der Waals surface area contributed by atoms with Gasteiger partial charge in [-0.2, -0.15) is 0 Å². The average Bonchev–Trinajstić information content (AvgIpc) is 3.71. The van der Waals surface area contributed by atoms with Gasteiger partial charge < -0.3 is 9.47 Å². The molecule has 1 aliphatic carbocycles. The predicted octanol–water partition coefficient (Wildman–Crippen LogP) is 15.0. The second-order valence-corrected chi connectivity index (χ2v) is 15.8. The molecule has 0 N–H and O–H groups in total. The number of benzene rings is 9. The third-order valence-electron chi connectivity index (χ3n) is 12.1. The van der Waals surface area contributed by atoms with Crippen LogP contribution in [0.2, 0.25) is 0 Å². The highest BCUT2D eigenvalue weighted by atomic mass is 15.1. The highest BCUT2D eigenvalue weighted by Crippen LogP contribution is 2.53. The third kappa shape index (κ3) is 5.25. The van der Waals surface area contributed by atoms with Crippen LogP contribution in [-0.4, -0.2) is 4.57 Å². The standard InChI is InChI=1S/C55H40N2/c1-55(2)49-30-18-17-27-44(49)47-34-48-51(35-50(47)55)57(42-25-13-6-14-26-42)53-36-52(45-28-15-16-29-46(45)54(48)53)56(41-23-11-5-12-24-41)43-32-39(37-19-7-3-8-20-37)31-40(33-43)38-21-9-4-10-22-38/h3-36H,1-2H3. The molecule has 57 heavy (non-hydrogen) atoms. The van der Waals surface area contributed by atoms with E-state index >= 15 is 0 Å². The minimum absolute atomic E-state index is 0.115. The molecule has 0 unspecified atom stereocenters. The van der Waals surface area contributed by atoms with Crippen molar-refractivity contribution < 1.29 is 0 Å². The van der Waals surface area contributed by atoms with Crippen LogP contribution in [0, 0.1) is 0 Å². The first-order chi connectivity index (χ1) is 28.0. The number of hydrogen-bond acceptors (Lipinski definition) is 1. The predicted molar refractivity (Wildman–Crippen MR) is 241 cm³/mol. The summed E-state index contributed by atoms with van der Waals surface area (Å²) in [6.45, 7) is 4.75. The first kappa shape index (κ1) is 33.2. The number of fused-ring (bicyclic) bond motifs is 8. The SMILES string of the molecule is CC1(C)c2ccccc2-c2cc3c4c5ccccc5c(N(c5ccccc5)c5cc(-c6ccccc6)cc(-c6ccccc6)c5)cc4n(-c4ccccc4)c3cc21. The van der Waals surface area contributed by atoms with Gasteiger partial charge in [0.1, 0.15) is 0 Å². The Bertz CT molecular complexity index is 3070. The molecule has 2 nitrogen and oxygen atoms in total. The molecule has 1 heterocycles. The van der Waals surface area contributed by atoms with Crippen molar-refractivity contribution in [2.24, 2.45) is 0 Å². The van der Waals surface area contributed by atoms with Crippen molar-refractivity contribution in [3.8, 4) is 39.1 Å². The quantitative estimate of drug-likeness (QED) is 0.165. The molecule has 0 amide bonds. The molecule has 9 aromatic carbocycles. The van der Waals surface area contributed by atoms with E-state index in [-0.39, 0.29) is 5.41 Å². The van der Waals surface area contributed by atoms with E-state index in [1.54, 1.807) is 0 Å². The van der Waals surface area contributed by atoms with Crippen molar-refractivity contribution in [2.45, 2.75) is 19.3 Å². The maximum absolute atomic E-state index is 2.50. The molecule has 270 valence electrons. The van der Waals surface area contributed by atoms with Gasteiger partial charge in [0, 0.05) is 38.6 Å². The van der Waals surface area contributed by atoms with E-state index in [1.165, 1.54) is 77.1 Å². The Hall–Kier alpha value is -7.16. The van der Waals surface area contributed by atoms with Gasteiger partial charge >= 0.3 is 0 Å². The topological polar surface area (TPSA) is 8.17 Å². The van der Waals surface area contributed by atoms with Gasteiger partial charge in [0.25, 0.3) is 0 Å². The van der Waals surface area contributed by atoms with Crippen LogP contribution in [0.5, 0.6) is 0 Å². The molecule has 10 aromatic rings. The molecule has 2 heteroatoms. The molecule has 0 fully saturated rings. The Morgan fingerprint density at radius 1 is 0.386 bits per heavy atom. The van der Waals surface area contributed by atoms with Crippen LogP contribution in [0.1, 0.15) is 25.0 Å². The van der Waals surface area contributed by atoms with E-state index in [2.05, 4.69) is 230 Å². The van der Waals surface area contributed by atoms with E-state index in [0.29, 0.717) is 0 Å². The molecule has 0 aliphatic heterocycles. The second-order valence-electron chi connectivity index (χ2n) is 15.8. The van der Waals surface area contributed by atoms with Crippen LogP contribution < -0.4 is 4.90 Å². The summed E-state index contributed by atoms with van der Waals surface area (Å²) in [6.07, 6.45) is 0. The smallest absolute Gasteiger partial charge is 0.0568 e. The van der Waals surface area contributed by atoms with Crippen molar-refractivity contribution in [2.75, 3.05) is 4.90 Å². The fourth-order valence-corrected chi connectivity index (χ4v) is 9.43. The summed E-state index contributed by atoms with van der Waals surface area (Å²) in [5.74, 6) is 0. The summed E-state index contributed by atoms with van der Waals surface area (Å²) in [6, 6.07) is 75.6. The number of para-hydroxylation sites is 2. The fraction of sp³-hybridized carbons (Fsp3) is 0.0545. The lowest BCUT2D eigenvalue weighted by molar-refractivity contribution is 0.661. The zero-order valence-corrected chi connectivity index (χ0v) is 32.0. The van der Waals surface area contributed by atoms with Gasteiger partial charge in [0.05, 0.1) is 16.7 Å². The fourth-order valence-electron chi connectivity index (χ4n) is 9.43. The third-order valence-corrected chi connectivity index (χ3v) is 12.1. The molecular formula is C55H40N2. The minimum atomic E-state index is -0.115. The first-order valence-electron chi connectivity index (χ1n) is 19.9. The number of aromatic nitrogens is 1. The van der Waals surface area contributed by atoms with E-state index in [4.69, 9.17) is 0 Å². The van der Waals surface area contributed by atoms with Crippen LogP contribution >= 0.6 is 0 Å². The number of rotatable bonds is 6. The highest BCUT2D eigenvalue weighted by molar-refractivity contribution is 6.25. The minimum Gasteiger partial charge on any atom is -0.310 e. The molecule has 0 radical (unpaired) electrons. The number of anilines is 3. The normalized spacial score (nSPS) is 12.9. The van der Waals surface area contributed by atoms with E-state index in [0.717, 1.165) is 22.7 Å². The number of hydrogen-bond donors (Lipinski definition) is 0. The molecule has 11 rings (SSSR count). The molecule has 1 aliphatic rings. The summed E-state index contributed by atoms with van der Waals surface area (Å²) >= 11 is 0. The maximum atomic E-state index is 2.50. The number of nitrogens with zero attached hydrogens (tertiary/aromatic N) is 2. The molecule has 0 atom stereocenters. The Morgan fingerprint density at radius 3 is 1.61 bits per heavy atom. The summed E-state index contributed by atoms with van der Waals surface area (Å²) in [4.78, 5) is 2.47. The van der Waals surface area contributed by atoms with E-state index in [1.807, 2.05) is 0 Å². The lowest BCUT2D eigenvalue weighted by atomic mass is 9.82. The van der Waals surface area contributed by atoms with Crippen LogP contribution in [0.3, 0.4) is 0 Å². The lowest BCUT2D eigenvalue weighted by Crippen LogP contribution is -2.14. The molecule has 0 bridgehead atoms.